The van der Waals surface area contributed by atoms with Gasteiger partial charge in [-0.15, -0.1) is 0 Å². The van der Waals surface area contributed by atoms with Gasteiger partial charge in [-0.3, -0.25) is 4.79 Å². The molecule has 0 radical (unpaired) electrons. The average molecular weight is 306 g/mol. The molecule has 17 heavy (non-hydrogen) atoms. The lowest BCUT2D eigenvalue weighted by atomic mass is 10.1. The Morgan fingerprint density at radius 1 is 1.53 bits per heavy atom. The zero-order chi connectivity index (χ0) is 12.6. The Balaban J connectivity index is 2.57. The molecule has 1 heterocycles. The van der Waals surface area contributed by atoms with Crippen molar-refractivity contribution in [3.8, 4) is 11.5 Å². The molecular weight excluding hydrogens is 297 g/mol. The van der Waals surface area contributed by atoms with Crippen molar-refractivity contribution in [1.82, 2.24) is 0 Å². The van der Waals surface area contributed by atoms with Gasteiger partial charge in [0.15, 0.2) is 11.5 Å². The van der Waals surface area contributed by atoms with Crippen LogP contribution in [-0.2, 0) is 4.79 Å². The van der Waals surface area contributed by atoms with Crippen LogP contribution in [0.25, 0.3) is 0 Å². The van der Waals surface area contributed by atoms with Crippen molar-refractivity contribution in [1.29, 1.82) is 0 Å². The lowest BCUT2D eigenvalue weighted by Crippen LogP contribution is -2.24. The van der Waals surface area contributed by atoms with Crippen molar-refractivity contribution in [2.75, 3.05) is 13.2 Å². The molecule has 1 aliphatic rings. The van der Waals surface area contributed by atoms with Crippen molar-refractivity contribution in [3.63, 3.8) is 0 Å². The van der Waals surface area contributed by atoms with E-state index in [4.69, 9.17) is 20.3 Å². The number of carboxylic acids is 1. The van der Waals surface area contributed by atoms with Crippen LogP contribution in [0.2, 0.25) is 0 Å². The molecule has 1 aromatic carbocycles. The van der Waals surface area contributed by atoms with Crippen molar-refractivity contribution >= 4 is 21.9 Å². The van der Waals surface area contributed by atoms with E-state index in [1.807, 2.05) is 0 Å². The minimum absolute atomic E-state index is 0.151. The number of rotatable bonds is 2. The van der Waals surface area contributed by atoms with Crippen molar-refractivity contribution in [2.24, 2.45) is 5.73 Å². The lowest BCUT2D eigenvalue weighted by molar-refractivity contribution is -0.138. The standard InChI is InChI=1S/C10H9BrFNO4/c11-7-6(8(13)10(14)15)4(12)3-5-9(7)17-2-1-16-5/h3,8H,1-2,13H2,(H,14,15). The summed E-state index contributed by atoms with van der Waals surface area (Å²) < 4.78 is 24.4. The van der Waals surface area contributed by atoms with Gasteiger partial charge >= 0.3 is 5.97 Å². The van der Waals surface area contributed by atoms with E-state index in [-0.39, 0.29) is 21.5 Å². The summed E-state index contributed by atoms with van der Waals surface area (Å²) in [5, 5.41) is 8.80. The summed E-state index contributed by atoms with van der Waals surface area (Å²) in [6.07, 6.45) is 0. The molecule has 0 saturated heterocycles. The molecule has 5 nitrogen and oxygen atoms in total. The second kappa shape index (κ2) is 4.50. The zero-order valence-corrected chi connectivity index (χ0v) is 10.2. The number of benzene rings is 1. The SMILES string of the molecule is NC(C(=O)O)c1c(F)cc2c(c1Br)OCCO2. The summed E-state index contributed by atoms with van der Waals surface area (Å²) in [6, 6.07) is -0.377. The molecule has 0 spiro atoms. The van der Waals surface area contributed by atoms with E-state index in [2.05, 4.69) is 15.9 Å². The van der Waals surface area contributed by atoms with Gasteiger partial charge in [0, 0.05) is 11.6 Å². The molecule has 0 aliphatic carbocycles. The Morgan fingerprint density at radius 2 is 2.18 bits per heavy atom. The van der Waals surface area contributed by atoms with Crippen LogP contribution in [0.4, 0.5) is 4.39 Å². The number of ether oxygens (including phenoxy) is 2. The highest BCUT2D eigenvalue weighted by Crippen LogP contribution is 2.42. The van der Waals surface area contributed by atoms with Crippen LogP contribution in [0, 0.1) is 5.82 Å². The normalized spacial score (nSPS) is 15.5. The van der Waals surface area contributed by atoms with Crippen LogP contribution < -0.4 is 15.2 Å². The van der Waals surface area contributed by atoms with Crippen LogP contribution in [-0.4, -0.2) is 24.3 Å². The average Bonchev–Trinajstić information content (AvgIpc) is 2.28. The van der Waals surface area contributed by atoms with E-state index in [9.17, 15) is 9.18 Å². The van der Waals surface area contributed by atoms with Crippen LogP contribution in [0.15, 0.2) is 10.5 Å². The summed E-state index contributed by atoms with van der Waals surface area (Å²) in [4.78, 5) is 10.8. The second-order valence-corrected chi connectivity index (χ2v) is 4.22. The molecule has 1 atom stereocenters. The van der Waals surface area contributed by atoms with E-state index in [1.54, 1.807) is 0 Å². The predicted octanol–water partition coefficient (Wildman–Crippen LogP) is 1.44. The highest BCUT2D eigenvalue weighted by molar-refractivity contribution is 9.10. The highest BCUT2D eigenvalue weighted by Gasteiger charge is 2.28. The van der Waals surface area contributed by atoms with Crippen molar-refractivity contribution < 1.29 is 23.8 Å². The van der Waals surface area contributed by atoms with E-state index < -0.39 is 17.8 Å². The van der Waals surface area contributed by atoms with Crippen molar-refractivity contribution in [2.45, 2.75) is 6.04 Å². The minimum atomic E-state index is -1.46. The van der Waals surface area contributed by atoms with Gasteiger partial charge in [-0.1, -0.05) is 0 Å². The first-order valence-corrected chi connectivity index (χ1v) is 5.57. The van der Waals surface area contributed by atoms with Crippen LogP contribution in [0.1, 0.15) is 11.6 Å². The van der Waals surface area contributed by atoms with E-state index in [1.165, 1.54) is 0 Å². The van der Waals surface area contributed by atoms with Crippen LogP contribution in [0.3, 0.4) is 0 Å². The Bertz CT molecular complexity index is 480. The first-order chi connectivity index (χ1) is 8.02. The third-order valence-electron chi connectivity index (χ3n) is 2.34. The fourth-order valence-electron chi connectivity index (χ4n) is 1.54. The molecule has 7 heteroatoms. The first kappa shape index (κ1) is 12.1. The Labute approximate surface area is 104 Å². The van der Waals surface area contributed by atoms with E-state index in [0.29, 0.717) is 13.2 Å². The monoisotopic (exact) mass is 305 g/mol. The molecule has 92 valence electrons. The van der Waals surface area contributed by atoms with Crippen molar-refractivity contribution in [3.05, 3.63) is 21.9 Å². The van der Waals surface area contributed by atoms with Gasteiger partial charge in [-0.2, -0.15) is 0 Å². The number of hydrogen-bond acceptors (Lipinski definition) is 4. The molecule has 0 fully saturated rings. The third-order valence-corrected chi connectivity index (χ3v) is 3.13. The second-order valence-electron chi connectivity index (χ2n) is 3.43. The third kappa shape index (κ3) is 2.07. The maximum absolute atomic E-state index is 13.7. The number of halogens is 2. The van der Waals surface area contributed by atoms with Gasteiger partial charge in [-0.25, -0.2) is 4.39 Å². The number of hydrogen-bond donors (Lipinski definition) is 2. The number of carbonyl (C=O) groups is 1. The minimum Gasteiger partial charge on any atom is -0.486 e. The van der Waals surface area contributed by atoms with Gasteiger partial charge in [0.1, 0.15) is 25.1 Å². The van der Waals surface area contributed by atoms with Crippen LogP contribution >= 0.6 is 15.9 Å². The number of nitrogens with two attached hydrogens (primary N) is 1. The molecule has 1 unspecified atom stereocenters. The fraction of sp³-hybridized carbons (Fsp3) is 0.300. The van der Waals surface area contributed by atoms with Crippen LogP contribution in [0.5, 0.6) is 11.5 Å². The molecule has 0 aromatic heterocycles. The Morgan fingerprint density at radius 3 is 2.82 bits per heavy atom. The Kier molecular flexibility index (Phi) is 3.21. The van der Waals surface area contributed by atoms with Gasteiger partial charge in [0.05, 0.1) is 4.47 Å². The maximum atomic E-state index is 13.7. The first-order valence-electron chi connectivity index (χ1n) is 4.78. The smallest absolute Gasteiger partial charge is 0.325 e. The van der Waals surface area contributed by atoms with Gasteiger partial charge in [0.2, 0.25) is 0 Å². The summed E-state index contributed by atoms with van der Waals surface area (Å²) >= 11 is 3.10. The predicted molar refractivity (Wildman–Crippen MR) is 59.7 cm³/mol. The Hall–Kier alpha value is -1.34. The maximum Gasteiger partial charge on any atom is 0.325 e. The topological polar surface area (TPSA) is 81.8 Å². The van der Waals surface area contributed by atoms with E-state index in [0.717, 1.165) is 6.07 Å². The highest BCUT2D eigenvalue weighted by atomic mass is 79.9. The fourth-order valence-corrected chi connectivity index (χ4v) is 2.29. The molecule has 1 aliphatic heterocycles. The zero-order valence-electron chi connectivity index (χ0n) is 8.57. The number of carboxylic acid groups (broad SMARTS) is 1. The summed E-state index contributed by atoms with van der Waals surface area (Å²) in [5.74, 6) is -1.54. The van der Waals surface area contributed by atoms with Gasteiger partial charge in [-0.05, 0) is 15.9 Å². The molecule has 0 amide bonds. The summed E-state index contributed by atoms with van der Waals surface area (Å²) in [5.41, 5.74) is 5.26. The molecule has 2 rings (SSSR count). The van der Waals surface area contributed by atoms with Gasteiger partial charge < -0.3 is 20.3 Å². The molecule has 0 bridgehead atoms. The number of aliphatic carboxylic acids is 1. The molecular formula is C10H9BrFNO4. The molecule has 1 aromatic rings. The molecule has 0 saturated carbocycles. The lowest BCUT2D eigenvalue weighted by Gasteiger charge is -2.22. The quantitative estimate of drug-likeness (QED) is 0.864. The van der Waals surface area contributed by atoms with Gasteiger partial charge in [0.25, 0.3) is 0 Å². The molecule has 3 N–H and O–H groups in total. The number of fused-ring (bicyclic) bond motifs is 1. The van der Waals surface area contributed by atoms with E-state index >= 15 is 0 Å². The largest absolute Gasteiger partial charge is 0.486 e. The summed E-state index contributed by atoms with van der Waals surface area (Å²) in [6.45, 7) is 0.641. The summed E-state index contributed by atoms with van der Waals surface area (Å²) in [7, 11) is 0.